The molecular weight excluding hydrogens is 353 g/mol. The van der Waals surface area contributed by atoms with Crippen LogP contribution in [-0.4, -0.2) is 39.3 Å². The molecular formula is C18H22FN5OS. The fourth-order valence-electron chi connectivity index (χ4n) is 3.13. The van der Waals surface area contributed by atoms with Crippen LogP contribution in [0.25, 0.3) is 10.9 Å². The number of piperidine rings is 1. The van der Waals surface area contributed by atoms with E-state index < -0.39 is 5.82 Å². The Hall–Kier alpha value is -2.32. The normalized spacial score (nSPS) is 15.6. The third-order valence-electron chi connectivity index (χ3n) is 4.40. The van der Waals surface area contributed by atoms with Gasteiger partial charge in [0, 0.05) is 11.9 Å². The second kappa shape index (κ2) is 8.37. The smallest absolute Gasteiger partial charge is 0.221 e. The maximum atomic E-state index is 13.8. The van der Waals surface area contributed by atoms with Gasteiger partial charge in [0.15, 0.2) is 5.69 Å². The van der Waals surface area contributed by atoms with Gasteiger partial charge in [-0.05, 0) is 56.3 Å². The van der Waals surface area contributed by atoms with Crippen molar-refractivity contribution in [2.45, 2.75) is 25.9 Å². The molecule has 0 spiro atoms. The lowest BCUT2D eigenvalue weighted by molar-refractivity contribution is 0.178. The SMILES string of the molecule is C=CCNC(=S)N=Nc1c(O)n(CN2CCCCC2)c2ccc(F)cc12. The molecule has 0 bridgehead atoms. The number of benzene rings is 1. The molecule has 3 rings (SSSR count). The predicted octanol–water partition coefficient (Wildman–Crippen LogP) is 4.07. The Labute approximate surface area is 157 Å². The topological polar surface area (TPSA) is 65.2 Å². The molecule has 0 radical (unpaired) electrons. The number of thiocarbonyl (C=S) groups is 1. The molecule has 1 aliphatic rings. The van der Waals surface area contributed by atoms with Crippen LogP contribution in [0, 0.1) is 5.82 Å². The fourth-order valence-corrected chi connectivity index (χ4v) is 3.25. The van der Waals surface area contributed by atoms with Crippen molar-refractivity contribution >= 4 is 33.9 Å². The lowest BCUT2D eigenvalue weighted by Gasteiger charge is -2.27. The summed E-state index contributed by atoms with van der Waals surface area (Å²) in [6.07, 6.45) is 5.17. The molecule has 0 aliphatic carbocycles. The molecule has 2 aromatic rings. The minimum atomic E-state index is -0.392. The second-order valence-corrected chi connectivity index (χ2v) is 6.64. The third kappa shape index (κ3) is 4.08. The van der Waals surface area contributed by atoms with Gasteiger partial charge in [-0.2, -0.15) is 0 Å². The van der Waals surface area contributed by atoms with Gasteiger partial charge in [0.25, 0.3) is 0 Å². The Morgan fingerprint density at radius 1 is 1.35 bits per heavy atom. The van der Waals surface area contributed by atoms with Crippen molar-refractivity contribution in [1.82, 2.24) is 14.8 Å². The van der Waals surface area contributed by atoms with E-state index >= 15 is 0 Å². The summed E-state index contributed by atoms with van der Waals surface area (Å²) in [6.45, 7) is 6.55. The molecule has 8 heteroatoms. The first kappa shape index (κ1) is 18.5. The Morgan fingerprint density at radius 2 is 2.12 bits per heavy atom. The largest absolute Gasteiger partial charge is 0.493 e. The van der Waals surface area contributed by atoms with Crippen LogP contribution in [0.5, 0.6) is 5.88 Å². The Balaban J connectivity index is 1.95. The number of nitrogens with one attached hydrogen (secondary N) is 1. The van der Waals surface area contributed by atoms with Gasteiger partial charge in [0.2, 0.25) is 11.0 Å². The maximum Gasteiger partial charge on any atom is 0.221 e. The zero-order chi connectivity index (χ0) is 18.5. The highest BCUT2D eigenvalue weighted by Gasteiger charge is 2.20. The average molecular weight is 375 g/mol. The van der Waals surface area contributed by atoms with Crippen LogP contribution < -0.4 is 5.32 Å². The van der Waals surface area contributed by atoms with Crippen molar-refractivity contribution in [2.24, 2.45) is 10.2 Å². The molecule has 1 saturated heterocycles. The molecule has 2 heterocycles. The minimum Gasteiger partial charge on any atom is -0.493 e. The maximum absolute atomic E-state index is 13.8. The van der Waals surface area contributed by atoms with E-state index in [1.54, 1.807) is 16.7 Å². The molecule has 26 heavy (non-hydrogen) atoms. The number of rotatable bonds is 5. The van der Waals surface area contributed by atoms with Crippen LogP contribution in [0.2, 0.25) is 0 Å². The van der Waals surface area contributed by atoms with E-state index in [-0.39, 0.29) is 16.7 Å². The van der Waals surface area contributed by atoms with Gasteiger partial charge in [-0.15, -0.1) is 16.8 Å². The summed E-state index contributed by atoms with van der Waals surface area (Å²) in [7, 11) is 0. The monoisotopic (exact) mass is 375 g/mol. The van der Waals surface area contributed by atoms with Crippen molar-refractivity contribution in [3.8, 4) is 5.88 Å². The first-order valence-corrected chi connectivity index (χ1v) is 9.04. The standard InChI is InChI=1S/C18H22FN5OS/c1-2-8-20-18(26)22-21-16-14-11-13(19)6-7-15(14)24(17(16)25)12-23-9-4-3-5-10-23/h2,6-7,11,25H,1,3-5,8-10,12H2,(H,20,26). The highest BCUT2D eigenvalue weighted by molar-refractivity contribution is 7.80. The Bertz CT molecular complexity index is 842. The highest BCUT2D eigenvalue weighted by Crippen LogP contribution is 2.39. The van der Waals surface area contributed by atoms with Gasteiger partial charge >= 0.3 is 0 Å². The van der Waals surface area contributed by atoms with E-state index in [1.807, 2.05) is 0 Å². The van der Waals surface area contributed by atoms with E-state index in [0.717, 1.165) is 25.9 Å². The van der Waals surface area contributed by atoms with Gasteiger partial charge in [-0.25, -0.2) is 4.39 Å². The van der Waals surface area contributed by atoms with E-state index in [4.69, 9.17) is 12.2 Å². The van der Waals surface area contributed by atoms with E-state index in [1.165, 1.54) is 18.6 Å². The van der Waals surface area contributed by atoms with E-state index in [2.05, 4.69) is 27.0 Å². The predicted molar refractivity (Wildman–Crippen MR) is 104 cm³/mol. The quantitative estimate of drug-likeness (QED) is 0.470. The zero-order valence-corrected chi connectivity index (χ0v) is 15.3. The number of hydrogen-bond donors (Lipinski definition) is 2. The minimum absolute atomic E-state index is 0.0357. The number of fused-ring (bicyclic) bond motifs is 1. The zero-order valence-electron chi connectivity index (χ0n) is 14.5. The van der Waals surface area contributed by atoms with Crippen molar-refractivity contribution in [2.75, 3.05) is 19.6 Å². The summed E-state index contributed by atoms with van der Waals surface area (Å²) in [4.78, 5) is 2.27. The van der Waals surface area contributed by atoms with Gasteiger partial charge in [-0.3, -0.25) is 9.47 Å². The summed E-state index contributed by atoms with van der Waals surface area (Å²) in [6, 6.07) is 4.39. The summed E-state index contributed by atoms with van der Waals surface area (Å²) < 4.78 is 15.5. The molecule has 0 saturated carbocycles. The molecule has 1 fully saturated rings. The summed E-state index contributed by atoms with van der Waals surface area (Å²) >= 11 is 5.06. The van der Waals surface area contributed by atoms with Gasteiger partial charge in [0.1, 0.15) is 5.82 Å². The molecule has 0 atom stereocenters. The van der Waals surface area contributed by atoms with Crippen LogP contribution in [0.3, 0.4) is 0 Å². The Morgan fingerprint density at radius 3 is 2.85 bits per heavy atom. The number of azo groups is 1. The van der Waals surface area contributed by atoms with Gasteiger partial charge in [-0.1, -0.05) is 12.5 Å². The van der Waals surface area contributed by atoms with Crippen LogP contribution >= 0.6 is 12.2 Å². The molecule has 1 aliphatic heterocycles. The first-order chi connectivity index (χ1) is 12.6. The third-order valence-corrected chi connectivity index (χ3v) is 4.63. The molecule has 0 amide bonds. The number of aromatic nitrogens is 1. The van der Waals surface area contributed by atoms with Gasteiger partial charge in [0.05, 0.1) is 12.2 Å². The number of nitrogens with zero attached hydrogens (tertiary/aromatic N) is 4. The van der Waals surface area contributed by atoms with Crippen LogP contribution in [-0.2, 0) is 6.67 Å². The van der Waals surface area contributed by atoms with E-state index in [0.29, 0.717) is 24.1 Å². The van der Waals surface area contributed by atoms with Crippen LogP contribution in [0.15, 0.2) is 41.1 Å². The summed E-state index contributed by atoms with van der Waals surface area (Å²) in [5.74, 6) is -0.428. The molecule has 1 aromatic heterocycles. The number of aromatic hydroxyl groups is 1. The number of likely N-dealkylation sites (tertiary alicyclic amines) is 1. The van der Waals surface area contributed by atoms with Crippen LogP contribution in [0.1, 0.15) is 19.3 Å². The number of halogens is 1. The van der Waals surface area contributed by atoms with Crippen molar-refractivity contribution < 1.29 is 9.50 Å². The molecule has 2 N–H and O–H groups in total. The molecule has 0 unspecified atom stereocenters. The van der Waals surface area contributed by atoms with Crippen molar-refractivity contribution in [1.29, 1.82) is 0 Å². The lowest BCUT2D eigenvalue weighted by atomic mass is 10.1. The highest BCUT2D eigenvalue weighted by atomic mass is 32.1. The lowest BCUT2D eigenvalue weighted by Crippen LogP contribution is -2.31. The molecule has 138 valence electrons. The summed E-state index contributed by atoms with van der Waals surface area (Å²) in [5, 5.41) is 22.2. The second-order valence-electron chi connectivity index (χ2n) is 6.26. The first-order valence-electron chi connectivity index (χ1n) is 8.63. The van der Waals surface area contributed by atoms with E-state index in [9.17, 15) is 9.50 Å². The Kier molecular flexibility index (Phi) is 5.95. The molecule has 1 aromatic carbocycles. The molecule has 6 nitrogen and oxygen atoms in total. The fraction of sp³-hybridized carbons (Fsp3) is 0.389. The summed E-state index contributed by atoms with van der Waals surface area (Å²) in [5.41, 5.74) is 0.938. The van der Waals surface area contributed by atoms with Crippen molar-refractivity contribution in [3.63, 3.8) is 0 Å². The number of hydrogen-bond acceptors (Lipinski definition) is 4. The average Bonchev–Trinajstić information content (AvgIpc) is 2.90. The van der Waals surface area contributed by atoms with Gasteiger partial charge < -0.3 is 10.4 Å². The van der Waals surface area contributed by atoms with Crippen molar-refractivity contribution in [3.05, 3.63) is 36.7 Å². The van der Waals surface area contributed by atoms with Crippen LogP contribution in [0.4, 0.5) is 10.1 Å².